The predicted molar refractivity (Wildman–Crippen MR) is 91.9 cm³/mol. The number of carbonyl (C=O) groups is 2. The summed E-state index contributed by atoms with van der Waals surface area (Å²) in [5.74, 6) is -0.823. The Labute approximate surface area is 147 Å². The van der Waals surface area contributed by atoms with Crippen LogP contribution in [0.15, 0.2) is 24.3 Å². The molecule has 0 aromatic heterocycles. The van der Waals surface area contributed by atoms with Crippen LogP contribution in [0.2, 0.25) is 0 Å². The van der Waals surface area contributed by atoms with Gasteiger partial charge in [0, 0.05) is 11.6 Å². The number of amides is 2. The third kappa shape index (κ3) is 5.55. The van der Waals surface area contributed by atoms with Gasteiger partial charge in [-0.1, -0.05) is 32.1 Å². The molecule has 5 N–H and O–H groups in total. The standard InChI is InChI=1S/C18H24N4O3/c19-11-13-6-8-14(9-7-13)17(24)21-22-18(25)16(23)15(20)10-12-4-2-1-3-5-12/h6-9,12,15-16,23H,1-5,10,20H2,(H,21,24)(H,22,25)/t15-,16?/m1/s1. The number of aliphatic hydroxyl groups is 1. The molecule has 2 atom stereocenters. The van der Waals surface area contributed by atoms with E-state index in [-0.39, 0.29) is 0 Å². The number of nitrogens with zero attached hydrogens (tertiary/aromatic N) is 1. The number of nitrogens with two attached hydrogens (primary N) is 1. The van der Waals surface area contributed by atoms with Crippen molar-refractivity contribution in [3.8, 4) is 6.07 Å². The number of carbonyl (C=O) groups excluding carboxylic acids is 2. The van der Waals surface area contributed by atoms with Crippen LogP contribution in [0, 0.1) is 17.2 Å². The normalized spacial score (nSPS) is 17.2. The lowest BCUT2D eigenvalue weighted by Gasteiger charge is -2.26. The first-order chi connectivity index (χ1) is 12.0. The highest BCUT2D eigenvalue weighted by atomic mass is 16.3. The van der Waals surface area contributed by atoms with Gasteiger partial charge in [-0.25, -0.2) is 0 Å². The van der Waals surface area contributed by atoms with E-state index in [0.717, 1.165) is 12.8 Å². The first kappa shape index (κ1) is 18.9. The summed E-state index contributed by atoms with van der Waals surface area (Å²) in [7, 11) is 0. The van der Waals surface area contributed by atoms with Gasteiger partial charge in [-0.15, -0.1) is 0 Å². The molecule has 25 heavy (non-hydrogen) atoms. The van der Waals surface area contributed by atoms with Gasteiger partial charge in [0.1, 0.15) is 6.10 Å². The lowest BCUT2D eigenvalue weighted by atomic mass is 9.84. The Bertz CT molecular complexity index is 633. The number of nitrogens with one attached hydrogen (secondary N) is 2. The fraction of sp³-hybridized carbons (Fsp3) is 0.500. The summed E-state index contributed by atoms with van der Waals surface area (Å²) in [6.45, 7) is 0. The van der Waals surface area contributed by atoms with Crippen LogP contribution < -0.4 is 16.6 Å². The van der Waals surface area contributed by atoms with E-state index in [1.165, 1.54) is 43.5 Å². The number of benzene rings is 1. The average Bonchev–Trinajstić information content (AvgIpc) is 2.66. The van der Waals surface area contributed by atoms with Crippen molar-refractivity contribution in [1.29, 1.82) is 5.26 Å². The second-order valence-electron chi connectivity index (χ2n) is 6.48. The third-order valence-corrected chi connectivity index (χ3v) is 4.58. The topological polar surface area (TPSA) is 128 Å². The Morgan fingerprint density at radius 2 is 1.84 bits per heavy atom. The Morgan fingerprint density at radius 3 is 2.44 bits per heavy atom. The van der Waals surface area contributed by atoms with Gasteiger partial charge >= 0.3 is 0 Å². The molecule has 0 heterocycles. The highest BCUT2D eigenvalue weighted by Gasteiger charge is 2.26. The number of hydrazine groups is 1. The Morgan fingerprint density at radius 1 is 1.20 bits per heavy atom. The fourth-order valence-corrected chi connectivity index (χ4v) is 3.09. The van der Waals surface area contributed by atoms with Gasteiger partial charge in [0.25, 0.3) is 11.8 Å². The zero-order chi connectivity index (χ0) is 18.2. The fourth-order valence-electron chi connectivity index (χ4n) is 3.09. The van der Waals surface area contributed by atoms with Crippen LogP contribution in [0.25, 0.3) is 0 Å². The lowest BCUT2D eigenvalue weighted by molar-refractivity contribution is -0.131. The number of aliphatic hydroxyl groups excluding tert-OH is 1. The molecule has 134 valence electrons. The molecule has 1 aromatic carbocycles. The smallest absolute Gasteiger partial charge is 0.269 e. The van der Waals surface area contributed by atoms with E-state index < -0.39 is 24.0 Å². The number of hydrogen-bond donors (Lipinski definition) is 4. The number of rotatable bonds is 5. The van der Waals surface area contributed by atoms with Crippen molar-refractivity contribution in [2.75, 3.05) is 0 Å². The molecule has 1 fully saturated rings. The molecule has 0 radical (unpaired) electrons. The third-order valence-electron chi connectivity index (χ3n) is 4.58. The summed E-state index contributed by atoms with van der Waals surface area (Å²) in [5.41, 5.74) is 11.1. The van der Waals surface area contributed by atoms with Crippen molar-refractivity contribution < 1.29 is 14.7 Å². The van der Waals surface area contributed by atoms with Crippen LogP contribution >= 0.6 is 0 Å². The van der Waals surface area contributed by atoms with Crippen LogP contribution in [0.1, 0.15) is 54.4 Å². The van der Waals surface area contributed by atoms with E-state index in [0.29, 0.717) is 23.5 Å². The van der Waals surface area contributed by atoms with Crippen molar-refractivity contribution in [2.45, 2.75) is 50.7 Å². The first-order valence-corrected chi connectivity index (χ1v) is 8.55. The summed E-state index contributed by atoms with van der Waals surface area (Å²) < 4.78 is 0. The molecule has 0 saturated heterocycles. The predicted octanol–water partition coefficient (Wildman–Crippen LogP) is 0.978. The van der Waals surface area contributed by atoms with Gasteiger partial charge in [0.05, 0.1) is 11.6 Å². The largest absolute Gasteiger partial charge is 0.382 e. The summed E-state index contributed by atoms with van der Waals surface area (Å²) in [6, 6.07) is 7.26. The van der Waals surface area contributed by atoms with Crippen LogP contribution in [0.4, 0.5) is 0 Å². The second kappa shape index (κ2) is 9.16. The van der Waals surface area contributed by atoms with E-state index in [1.807, 2.05) is 6.07 Å². The monoisotopic (exact) mass is 344 g/mol. The van der Waals surface area contributed by atoms with Gasteiger partial charge in [-0.3, -0.25) is 20.4 Å². The van der Waals surface area contributed by atoms with Crippen molar-refractivity contribution in [3.63, 3.8) is 0 Å². The van der Waals surface area contributed by atoms with Crippen LogP contribution in [-0.4, -0.2) is 29.1 Å². The maximum atomic E-state index is 12.0. The molecule has 7 heteroatoms. The molecule has 1 unspecified atom stereocenters. The van der Waals surface area contributed by atoms with E-state index in [9.17, 15) is 14.7 Å². The van der Waals surface area contributed by atoms with Gasteiger partial charge in [-0.05, 0) is 36.6 Å². The van der Waals surface area contributed by atoms with Crippen LogP contribution in [0.5, 0.6) is 0 Å². The molecule has 1 aliphatic carbocycles. The molecule has 1 aromatic rings. The molecule has 1 aliphatic rings. The molecule has 0 spiro atoms. The maximum absolute atomic E-state index is 12.0. The van der Waals surface area contributed by atoms with Crippen LogP contribution in [-0.2, 0) is 4.79 Å². The summed E-state index contributed by atoms with van der Waals surface area (Å²) in [5, 5.41) is 18.8. The van der Waals surface area contributed by atoms with Crippen LogP contribution in [0.3, 0.4) is 0 Å². The van der Waals surface area contributed by atoms with Gasteiger partial charge in [0.2, 0.25) is 0 Å². The molecular weight excluding hydrogens is 320 g/mol. The minimum absolute atomic E-state index is 0.292. The maximum Gasteiger partial charge on any atom is 0.269 e. The van der Waals surface area contributed by atoms with E-state index in [2.05, 4.69) is 10.9 Å². The zero-order valence-corrected chi connectivity index (χ0v) is 14.1. The van der Waals surface area contributed by atoms with Crippen molar-refractivity contribution in [2.24, 2.45) is 11.7 Å². The molecule has 7 nitrogen and oxygen atoms in total. The molecular formula is C18H24N4O3. The minimum Gasteiger partial charge on any atom is -0.382 e. The SMILES string of the molecule is N#Cc1ccc(C(=O)NNC(=O)C(O)[C@H](N)CC2CCCCC2)cc1. The summed E-state index contributed by atoms with van der Waals surface area (Å²) >= 11 is 0. The van der Waals surface area contributed by atoms with E-state index in [1.54, 1.807) is 0 Å². The van der Waals surface area contributed by atoms with Crippen molar-refractivity contribution >= 4 is 11.8 Å². The highest BCUT2D eigenvalue weighted by molar-refractivity contribution is 5.95. The lowest BCUT2D eigenvalue weighted by Crippen LogP contribution is -2.52. The number of hydrogen-bond acceptors (Lipinski definition) is 5. The zero-order valence-electron chi connectivity index (χ0n) is 14.1. The van der Waals surface area contributed by atoms with Gasteiger partial charge in [0.15, 0.2) is 0 Å². The first-order valence-electron chi connectivity index (χ1n) is 8.55. The number of nitriles is 1. The Hall–Kier alpha value is -2.43. The average molecular weight is 344 g/mol. The quantitative estimate of drug-likeness (QED) is 0.592. The highest BCUT2D eigenvalue weighted by Crippen LogP contribution is 2.27. The summed E-state index contributed by atoms with van der Waals surface area (Å²) in [6.07, 6.45) is 4.95. The molecule has 0 aliphatic heterocycles. The van der Waals surface area contributed by atoms with E-state index in [4.69, 9.17) is 11.0 Å². The molecule has 2 rings (SSSR count). The molecule has 1 saturated carbocycles. The second-order valence-corrected chi connectivity index (χ2v) is 6.48. The van der Waals surface area contributed by atoms with Crippen molar-refractivity contribution in [1.82, 2.24) is 10.9 Å². The van der Waals surface area contributed by atoms with E-state index >= 15 is 0 Å². The summed E-state index contributed by atoms with van der Waals surface area (Å²) in [4.78, 5) is 23.9. The molecule has 0 bridgehead atoms. The Balaban J connectivity index is 1.79. The van der Waals surface area contributed by atoms with Crippen molar-refractivity contribution in [3.05, 3.63) is 35.4 Å². The molecule has 2 amide bonds. The van der Waals surface area contributed by atoms with Gasteiger partial charge in [-0.2, -0.15) is 5.26 Å². The van der Waals surface area contributed by atoms with Gasteiger partial charge < -0.3 is 10.8 Å². The minimum atomic E-state index is -1.37. The Kier molecular flexibility index (Phi) is 6.92.